The number of benzene rings is 1. The van der Waals surface area contributed by atoms with E-state index >= 15 is 0 Å². The molecule has 27 heavy (non-hydrogen) atoms. The summed E-state index contributed by atoms with van der Waals surface area (Å²) in [6.45, 7) is -0.542. The number of rotatable bonds is 4. The van der Waals surface area contributed by atoms with Crippen molar-refractivity contribution < 1.29 is 19.8 Å². The summed E-state index contributed by atoms with van der Waals surface area (Å²) in [7, 11) is 0. The van der Waals surface area contributed by atoms with Crippen LogP contribution < -0.4 is 5.32 Å². The number of aromatic nitrogens is 3. The minimum Gasteiger partial charge on any atom is -0.507 e. The molecule has 1 amide bonds. The van der Waals surface area contributed by atoms with E-state index in [0.717, 1.165) is 25.0 Å². The van der Waals surface area contributed by atoms with Crippen LogP contribution >= 0.6 is 0 Å². The molecule has 0 saturated heterocycles. The number of pyridine rings is 1. The van der Waals surface area contributed by atoms with Gasteiger partial charge < -0.3 is 15.5 Å². The van der Waals surface area contributed by atoms with Crippen molar-refractivity contribution in [2.45, 2.75) is 25.2 Å². The molecule has 0 radical (unpaired) electrons. The first-order chi connectivity index (χ1) is 13.0. The molecule has 3 N–H and O–H groups in total. The Balaban J connectivity index is 1.72. The van der Waals surface area contributed by atoms with Gasteiger partial charge in [-0.2, -0.15) is 5.10 Å². The normalized spacial score (nSPS) is 16.1. The zero-order chi connectivity index (χ0) is 19.0. The van der Waals surface area contributed by atoms with Gasteiger partial charge in [0.05, 0.1) is 5.69 Å². The van der Waals surface area contributed by atoms with Crippen molar-refractivity contribution in [2.24, 2.45) is 0 Å². The number of aryl methyl sites for hydroxylation is 1. The van der Waals surface area contributed by atoms with Crippen molar-refractivity contribution in [1.82, 2.24) is 19.9 Å². The monoisotopic (exact) mass is 366 g/mol. The second kappa shape index (κ2) is 6.71. The number of nitrogens with one attached hydrogen (secondary N) is 1. The lowest BCUT2D eigenvalue weighted by Crippen LogP contribution is -2.30. The molecule has 8 heteroatoms. The van der Waals surface area contributed by atoms with Gasteiger partial charge in [-0.25, -0.2) is 9.50 Å². The maximum atomic E-state index is 12.3. The van der Waals surface area contributed by atoms with E-state index in [1.54, 1.807) is 4.52 Å². The predicted octanol–water partition coefficient (Wildman–Crippen LogP) is 1.52. The third-order valence-electron chi connectivity index (χ3n) is 4.95. The van der Waals surface area contributed by atoms with Crippen LogP contribution in [0.4, 0.5) is 0 Å². The van der Waals surface area contributed by atoms with Crippen LogP contribution in [-0.2, 0) is 17.6 Å². The van der Waals surface area contributed by atoms with Gasteiger partial charge in [-0.15, -0.1) is 0 Å². The molecule has 0 saturated carbocycles. The number of carbonyl (C=O) groups is 2. The molecule has 1 aliphatic rings. The third kappa shape index (κ3) is 3.10. The highest BCUT2D eigenvalue weighted by Gasteiger charge is 2.26. The van der Waals surface area contributed by atoms with Crippen molar-refractivity contribution in [2.75, 3.05) is 6.54 Å². The van der Waals surface area contributed by atoms with Crippen molar-refractivity contribution in [1.29, 1.82) is 0 Å². The Morgan fingerprint density at radius 3 is 2.81 bits per heavy atom. The zero-order valence-corrected chi connectivity index (χ0v) is 14.4. The summed E-state index contributed by atoms with van der Waals surface area (Å²) in [5, 5.41) is 25.7. The van der Waals surface area contributed by atoms with E-state index in [0.29, 0.717) is 0 Å². The van der Waals surface area contributed by atoms with Crippen LogP contribution in [0.15, 0.2) is 36.7 Å². The number of carbonyl (C=O) groups excluding carboxylic acids is 1. The highest BCUT2D eigenvalue weighted by Crippen LogP contribution is 2.35. The molecule has 2 heterocycles. The number of hydrogen-bond acceptors (Lipinski definition) is 5. The van der Waals surface area contributed by atoms with Gasteiger partial charge in [-0.05, 0) is 30.4 Å². The van der Waals surface area contributed by atoms with Gasteiger partial charge in [0, 0.05) is 12.0 Å². The molecule has 2 aromatic heterocycles. The van der Waals surface area contributed by atoms with Crippen LogP contribution in [0.1, 0.15) is 39.5 Å². The topological polar surface area (TPSA) is 117 Å². The fourth-order valence-electron chi connectivity index (χ4n) is 3.69. The van der Waals surface area contributed by atoms with E-state index in [2.05, 4.69) is 27.5 Å². The Morgan fingerprint density at radius 1 is 1.26 bits per heavy atom. The molecule has 0 aliphatic heterocycles. The van der Waals surface area contributed by atoms with Gasteiger partial charge in [0.2, 0.25) is 0 Å². The largest absolute Gasteiger partial charge is 0.507 e. The molecule has 138 valence electrons. The summed E-state index contributed by atoms with van der Waals surface area (Å²) in [5.41, 5.74) is 3.52. The van der Waals surface area contributed by atoms with E-state index in [9.17, 15) is 14.7 Å². The lowest BCUT2D eigenvalue weighted by molar-refractivity contribution is -0.135. The smallest absolute Gasteiger partial charge is 0.322 e. The van der Waals surface area contributed by atoms with Crippen LogP contribution in [0.25, 0.3) is 5.65 Å². The van der Waals surface area contributed by atoms with Gasteiger partial charge >= 0.3 is 5.97 Å². The van der Waals surface area contributed by atoms with Crippen LogP contribution in [0, 0.1) is 0 Å². The van der Waals surface area contributed by atoms with E-state index in [1.165, 1.54) is 23.5 Å². The molecule has 0 bridgehead atoms. The summed E-state index contributed by atoms with van der Waals surface area (Å²) in [6, 6.07) is 9.82. The molecular weight excluding hydrogens is 348 g/mol. The highest BCUT2D eigenvalue weighted by atomic mass is 16.4. The third-order valence-corrected chi connectivity index (χ3v) is 4.95. The highest BCUT2D eigenvalue weighted by molar-refractivity contribution is 6.03. The number of carboxylic acid groups (broad SMARTS) is 1. The first kappa shape index (κ1) is 17.0. The molecule has 3 aromatic rings. The molecule has 0 spiro atoms. The van der Waals surface area contributed by atoms with Crippen LogP contribution in [0.3, 0.4) is 0 Å². The Hall–Kier alpha value is -3.42. The summed E-state index contributed by atoms with van der Waals surface area (Å²) in [5.74, 6) is -1.97. The minimum absolute atomic E-state index is 0.0753. The molecule has 0 fully saturated rings. The summed E-state index contributed by atoms with van der Waals surface area (Å²) < 4.78 is 1.56. The number of aliphatic carboxylic acids is 1. The zero-order valence-electron chi connectivity index (χ0n) is 14.4. The average Bonchev–Trinajstić information content (AvgIpc) is 3.14. The molecule has 4 rings (SSSR count). The number of amides is 1. The quantitative estimate of drug-likeness (QED) is 0.645. The Bertz CT molecular complexity index is 1040. The van der Waals surface area contributed by atoms with Crippen LogP contribution in [0.2, 0.25) is 0 Å². The lowest BCUT2D eigenvalue weighted by Gasteiger charge is -2.25. The average molecular weight is 366 g/mol. The van der Waals surface area contributed by atoms with Gasteiger partial charge in [0.25, 0.3) is 5.91 Å². The Labute approximate surface area is 154 Å². The minimum atomic E-state index is -1.17. The molecule has 1 unspecified atom stereocenters. The van der Waals surface area contributed by atoms with Crippen LogP contribution in [-0.4, -0.2) is 43.2 Å². The van der Waals surface area contributed by atoms with Crippen molar-refractivity contribution in [3.05, 3.63) is 59.0 Å². The number of hydrogen-bond donors (Lipinski definition) is 3. The van der Waals surface area contributed by atoms with E-state index in [1.807, 2.05) is 12.1 Å². The standard InChI is InChI=1S/C19H18N4O4/c24-15-8-14(13-6-5-11-3-1-2-4-12(11)7-13)23-18(21-10-22-23)17(15)19(27)20-9-16(25)26/h1-4,8,10,13,24H,5-7,9H2,(H,20,27)(H,25,26). The van der Waals surface area contributed by atoms with E-state index in [4.69, 9.17) is 5.11 Å². The fraction of sp³-hybridized carbons (Fsp3) is 0.263. The summed E-state index contributed by atoms with van der Waals surface area (Å²) in [4.78, 5) is 27.1. The molecule has 1 aromatic carbocycles. The first-order valence-electron chi connectivity index (χ1n) is 8.67. The van der Waals surface area contributed by atoms with Crippen molar-refractivity contribution >= 4 is 17.5 Å². The van der Waals surface area contributed by atoms with Gasteiger partial charge in [-0.3, -0.25) is 9.59 Å². The number of fused-ring (bicyclic) bond motifs is 2. The van der Waals surface area contributed by atoms with E-state index < -0.39 is 18.4 Å². The Kier molecular flexibility index (Phi) is 4.23. The van der Waals surface area contributed by atoms with E-state index in [-0.39, 0.29) is 22.9 Å². The maximum Gasteiger partial charge on any atom is 0.322 e. The second-order valence-electron chi connectivity index (χ2n) is 6.61. The molecule has 8 nitrogen and oxygen atoms in total. The Morgan fingerprint density at radius 2 is 2.04 bits per heavy atom. The SMILES string of the molecule is O=C(O)CNC(=O)c1c(O)cc(C2CCc3ccccc3C2)n2ncnc12. The predicted molar refractivity (Wildman–Crippen MR) is 95.8 cm³/mol. The van der Waals surface area contributed by atoms with Crippen molar-refractivity contribution in [3.8, 4) is 5.75 Å². The maximum absolute atomic E-state index is 12.3. The number of aromatic hydroxyl groups is 1. The van der Waals surface area contributed by atoms with Gasteiger partial charge in [-0.1, -0.05) is 24.3 Å². The first-order valence-corrected chi connectivity index (χ1v) is 8.67. The lowest BCUT2D eigenvalue weighted by atomic mass is 9.82. The molecule has 1 atom stereocenters. The number of carboxylic acids is 1. The fourth-order valence-corrected chi connectivity index (χ4v) is 3.69. The van der Waals surface area contributed by atoms with Gasteiger partial charge in [0.15, 0.2) is 5.65 Å². The van der Waals surface area contributed by atoms with Crippen molar-refractivity contribution in [3.63, 3.8) is 0 Å². The molecule has 1 aliphatic carbocycles. The van der Waals surface area contributed by atoms with Crippen LogP contribution in [0.5, 0.6) is 5.75 Å². The number of nitrogens with zero attached hydrogens (tertiary/aromatic N) is 3. The van der Waals surface area contributed by atoms with Gasteiger partial charge in [0.1, 0.15) is 24.2 Å². The molecular formula is C19H18N4O4. The second-order valence-corrected chi connectivity index (χ2v) is 6.61. The summed E-state index contributed by atoms with van der Waals surface area (Å²) in [6.07, 6.45) is 3.97. The summed E-state index contributed by atoms with van der Waals surface area (Å²) >= 11 is 0.